The summed E-state index contributed by atoms with van der Waals surface area (Å²) in [5, 5.41) is 19.3. The van der Waals surface area contributed by atoms with E-state index < -0.39 is 41.0 Å². The van der Waals surface area contributed by atoms with Crippen molar-refractivity contribution in [3.05, 3.63) is 117 Å². The van der Waals surface area contributed by atoms with E-state index in [1.54, 1.807) is 29.4 Å². The van der Waals surface area contributed by atoms with Gasteiger partial charge in [-0.1, -0.05) is 0 Å². The number of pyridine rings is 1. The van der Waals surface area contributed by atoms with Crippen LogP contribution in [0.4, 0.5) is 14.5 Å². The number of nitrogens with one attached hydrogen (secondary N) is 2. The van der Waals surface area contributed by atoms with Crippen molar-refractivity contribution in [3.63, 3.8) is 0 Å². The molecule has 1 amide bonds. The van der Waals surface area contributed by atoms with Crippen molar-refractivity contribution >= 4 is 17.8 Å². The SMILES string of the molecule is Cn1cnc(-c2cnc(CC=N)c(Oc3ccc(NC(=O)c4cn(CCO)c(=O)n(-c5ccc(F)cc5)c4=O)cc3F)c2)c1. The molecule has 0 aliphatic rings. The van der Waals surface area contributed by atoms with Crippen LogP contribution < -0.4 is 21.3 Å². The second-order valence-corrected chi connectivity index (χ2v) is 9.56. The number of aliphatic hydroxyl groups is 1. The minimum Gasteiger partial charge on any atom is -0.452 e. The van der Waals surface area contributed by atoms with E-state index in [4.69, 9.17) is 10.1 Å². The number of aryl methyl sites for hydroxylation is 1. The molecule has 0 bridgehead atoms. The Hall–Kier alpha value is -5.76. The molecule has 0 atom stereocenters. The fourth-order valence-electron chi connectivity index (χ4n) is 4.34. The highest BCUT2D eigenvalue weighted by atomic mass is 19.1. The number of anilines is 1. The summed E-state index contributed by atoms with van der Waals surface area (Å²) in [7, 11) is 1.81. The molecule has 0 saturated heterocycles. The van der Waals surface area contributed by atoms with E-state index in [0.717, 1.165) is 35.2 Å². The molecule has 12 nitrogen and oxygen atoms in total. The summed E-state index contributed by atoms with van der Waals surface area (Å²) >= 11 is 0. The normalized spacial score (nSPS) is 10.9. The number of hydrogen-bond donors (Lipinski definition) is 3. The highest BCUT2D eigenvalue weighted by molar-refractivity contribution is 6.03. The number of halogens is 2. The Morgan fingerprint density at radius 3 is 2.50 bits per heavy atom. The standard InChI is InChI=1S/C30H25F2N7O5/c1-37-16-25(35-17-37)18-12-27(24(8-9-33)34-14-18)44-26-7-4-20(13-23(26)32)36-28(41)22-15-38(10-11-40)30(43)39(29(22)42)21-5-2-19(31)3-6-21/h2-7,9,12-17,33,40H,8,10-11H2,1H3,(H,36,41). The van der Waals surface area contributed by atoms with Gasteiger partial charge >= 0.3 is 5.69 Å². The Bertz CT molecular complexity index is 1980. The first kappa shape index (κ1) is 29.7. The van der Waals surface area contributed by atoms with Crippen LogP contribution in [0.2, 0.25) is 0 Å². The Kier molecular flexibility index (Phi) is 8.53. The highest BCUT2D eigenvalue weighted by Gasteiger charge is 2.20. The van der Waals surface area contributed by atoms with Gasteiger partial charge in [-0.25, -0.2) is 23.1 Å². The lowest BCUT2D eigenvalue weighted by Crippen LogP contribution is -2.42. The van der Waals surface area contributed by atoms with Crippen LogP contribution in [0.1, 0.15) is 16.1 Å². The van der Waals surface area contributed by atoms with Gasteiger partial charge in [0.05, 0.1) is 36.6 Å². The zero-order valence-corrected chi connectivity index (χ0v) is 23.2. The van der Waals surface area contributed by atoms with Gasteiger partial charge in [0.15, 0.2) is 11.6 Å². The number of ether oxygens (including phenoxy) is 1. The molecule has 2 aromatic carbocycles. The third kappa shape index (κ3) is 6.19. The van der Waals surface area contributed by atoms with Crippen molar-refractivity contribution in [1.82, 2.24) is 23.7 Å². The van der Waals surface area contributed by atoms with E-state index in [1.807, 2.05) is 7.05 Å². The lowest BCUT2D eigenvalue weighted by Gasteiger charge is -2.14. The summed E-state index contributed by atoms with van der Waals surface area (Å²) < 4.78 is 37.9. The molecule has 3 aromatic heterocycles. The van der Waals surface area contributed by atoms with Gasteiger partial charge < -0.3 is 25.1 Å². The van der Waals surface area contributed by atoms with E-state index >= 15 is 4.39 Å². The van der Waals surface area contributed by atoms with Crippen molar-refractivity contribution in [1.29, 1.82) is 5.41 Å². The number of aliphatic hydroxyl groups excluding tert-OH is 1. The van der Waals surface area contributed by atoms with Gasteiger partial charge in [-0.3, -0.25) is 19.1 Å². The molecule has 3 N–H and O–H groups in total. The number of hydrogen-bond acceptors (Lipinski definition) is 8. The largest absolute Gasteiger partial charge is 0.452 e. The Labute approximate surface area is 248 Å². The lowest BCUT2D eigenvalue weighted by molar-refractivity contribution is 0.102. The maximum atomic E-state index is 15.2. The molecular weight excluding hydrogens is 576 g/mol. The van der Waals surface area contributed by atoms with Crippen molar-refractivity contribution in [2.45, 2.75) is 13.0 Å². The molecule has 3 heterocycles. The number of aromatic nitrogens is 5. The van der Waals surface area contributed by atoms with Gasteiger partial charge in [0.1, 0.15) is 17.1 Å². The molecular formula is C30H25F2N7O5. The first-order valence-corrected chi connectivity index (χ1v) is 13.2. The van der Waals surface area contributed by atoms with Crippen LogP contribution in [-0.4, -0.2) is 47.5 Å². The zero-order valence-electron chi connectivity index (χ0n) is 23.2. The molecule has 44 heavy (non-hydrogen) atoms. The summed E-state index contributed by atoms with van der Waals surface area (Å²) in [4.78, 5) is 47.9. The number of amides is 1. The zero-order chi connectivity index (χ0) is 31.4. The average molecular weight is 602 g/mol. The third-order valence-corrected chi connectivity index (χ3v) is 6.46. The summed E-state index contributed by atoms with van der Waals surface area (Å²) in [5.74, 6) is -2.37. The third-order valence-electron chi connectivity index (χ3n) is 6.46. The van der Waals surface area contributed by atoms with Crippen LogP contribution in [0, 0.1) is 17.0 Å². The van der Waals surface area contributed by atoms with Crippen LogP contribution in [0.5, 0.6) is 11.5 Å². The van der Waals surface area contributed by atoms with Crippen LogP contribution in [0.15, 0.2) is 83.0 Å². The molecule has 0 aliphatic carbocycles. The van der Waals surface area contributed by atoms with Crippen LogP contribution in [0.3, 0.4) is 0 Å². The van der Waals surface area contributed by atoms with Gasteiger partial charge in [-0.15, -0.1) is 0 Å². The first-order chi connectivity index (χ1) is 21.2. The Balaban J connectivity index is 1.43. The van der Waals surface area contributed by atoms with Gasteiger partial charge in [0.25, 0.3) is 11.5 Å². The average Bonchev–Trinajstić information content (AvgIpc) is 3.44. The predicted octanol–water partition coefficient (Wildman–Crippen LogP) is 3.30. The van der Waals surface area contributed by atoms with E-state index in [1.165, 1.54) is 24.3 Å². The fraction of sp³-hybridized carbons (Fsp3) is 0.133. The van der Waals surface area contributed by atoms with Gasteiger partial charge in [0.2, 0.25) is 0 Å². The van der Waals surface area contributed by atoms with Crippen molar-refractivity contribution in [2.75, 3.05) is 11.9 Å². The maximum absolute atomic E-state index is 15.2. The molecule has 0 spiro atoms. The van der Waals surface area contributed by atoms with Crippen molar-refractivity contribution < 1.29 is 23.4 Å². The molecule has 0 saturated carbocycles. The van der Waals surface area contributed by atoms with Crippen molar-refractivity contribution in [2.24, 2.45) is 7.05 Å². The van der Waals surface area contributed by atoms with Crippen LogP contribution in [0.25, 0.3) is 16.9 Å². The van der Waals surface area contributed by atoms with Crippen LogP contribution >= 0.6 is 0 Å². The Morgan fingerprint density at radius 2 is 1.84 bits per heavy atom. The predicted molar refractivity (Wildman–Crippen MR) is 157 cm³/mol. The molecule has 14 heteroatoms. The topological polar surface area (TPSA) is 157 Å². The maximum Gasteiger partial charge on any atom is 0.335 e. The van der Waals surface area contributed by atoms with E-state index in [9.17, 15) is 23.9 Å². The molecule has 0 unspecified atom stereocenters. The lowest BCUT2D eigenvalue weighted by atomic mass is 10.1. The summed E-state index contributed by atoms with van der Waals surface area (Å²) in [6.45, 7) is -0.686. The number of imidazole rings is 1. The summed E-state index contributed by atoms with van der Waals surface area (Å²) in [5.41, 5.74) is -0.687. The number of carbonyl (C=O) groups excluding carboxylic acids is 1. The molecule has 5 aromatic rings. The van der Waals surface area contributed by atoms with Crippen LogP contribution in [-0.2, 0) is 20.0 Å². The monoisotopic (exact) mass is 601 g/mol. The van der Waals surface area contributed by atoms with E-state index in [2.05, 4.69) is 15.3 Å². The first-order valence-electron chi connectivity index (χ1n) is 13.2. The number of carbonyl (C=O) groups is 1. The second-order valence-electron chi connectivity index (χ2n) is 9.56. The van der Waals surface area contributed by atoms with Gasteiger partial charge in [-0.2, -0.15) is 0 Å². The minimum absolute atomic E-state index is 0.0132. The Morgan fingerprint density at radius 1 is 1.07 bits per heavy atom. The van der Waals surface area contributed by atoms with Gasteiger partial charge in [-0.05, 0) is 42.5 Å². The molecule has 0 aliphatic heterocycles. The second kappa shape index (κ2) is 12.6. The summed E-state index contributed by atoms with van der Waals surface area (Å²) in [6, 6.07) is 9.75. The molecule has 0 fully saturated rings. The van der Waals surface area contributed by atoms with E-state index in [0.29, 0.717) is 21.5 Å². The number of benzene rings is 2. The smallest absolute Gasteiger partial charge is 0.335 e. The highest BCUT2D eigenvalue weighted by Crippen LogP contribution is 2.31. The molecule has 5 rings (SSSR count). The number of rotatable bonds is 10. The fourth-order valence-corrected chi connectivity index (χ4v) is 4.34. The van der Waals surface area contributed by atoms with Gasteiger partial charge in [0, 0.05) is 55.6 Å². The van der Waals surface area contributed by atoms with E-state index in [-0.39, 0.29) is 35.8 Å². The number of nitrogens with zero attached hydrogens (tertiary/aromatic N) is 5. The van der Waals surface area contributed by atoms with Crippen molar-refractivity contribution in [3.8, 4) is 28.4 Å². The summed E-state index contributed by atoms with van der Waals surface area (Å²) in [6.07, 6.45) is 7.25. The quantitative estimate of drug-likeness (QED) is 0.207. The molecule has 0 radical (unpaired) electrons. The minimum atomic E-state index is -0.993. The molecule has 224 valence electrons.